The highest BCUT2D eigenvalue weighted by atomic mass is 16.5. The lowest BCUT2D eigenvalue weighted by Gasteiger charge is -2.29. The van der Waals surface area contributed by atoms with Gasteiger partial charge in [0.15, 0.2) is 0 Å². The summed E-state index contributed by atoms with van der Waals surface area (Å²) in [5, 5.41) is 0. The van der Waals surface area contributed by atoms with E-state index in [0.29, 0.717) is 11.8 Å². The Bertz CT molecular complexity index is 542. The zero-order valence-electron chi connectivity index (χ0n) is 16.2. The molecule has 1 saturated carbocycles. The number of hydrogen-bond acceptors (Lipinski definition) is 3. The van der Waals surface area contributed by atoms with Crippen molar-refractivity contribution in [3.63, 3.8) is 0 Å². The Hall–Kier alpha value is -1.39. The van der Waals surface area contributed by atoms with Crippen LogP contribution in [0.4, 0.5) is 0 Å². The van der Waals surface area contributed by atoms with Gasteiger partial charge < -0.3 is 14.5 Å². The van der Waals surface area contributed by atoms with Gasteiger partial charge in [-0.2, -0.15) is 0 Å². The van der Waals surface area contributed by atoms with E-state index >= 15 is 0 Å². The molecule has 4 nitrogen and oxygen atoms in total. The fraction of sp³-hybridized carbons (Fsp3) is 0.682. The molecule has 3 rings (SSSR count). The van der Waals surface area contributed by atoms with Gasteiger partial charge in [-0.25, -0.2) is 0 Å². The molecule has 1 aliphatic heterocycles. The first kappa shape index (κ1) is 19.4. The number of rotatable bonds is 6. The summed E-state index contributed by atoms with van der Waals surface area (Å²) in [5.74, 6) is 1.07. The molecule has 0 radical (unpaired) electrons. The lowest BCUT2D eigenvalue weighted by Crippen LogP contribution is -2.41. The second-order valence-electron chi connectivity index (χ2n) is 7.98. The number of carbonyl (C=O) groups excluding carboxylic acids is 1. The molecule has 1 aliphatic carbocycles. The van der Waals surface area contributed by atoms with Crippen LogP contribution in [0, 0.1) is 11.8 Å². The highest BCUT2D eigenvalue weighted by molar-refractivity contribution is 5.79. The summed E-state index contributed by atoms with van der Waals surface area (Å²) in [6.45, 7) is 5.50. The fourth-order valence-corrected chi connectivity index (χ4v) is 4.46. The van der Waals surface area contributed by atoms with Gasteiger partial charge >= 0.3 is 0 Å². The van der Waals surface area contributed by atoms with Gasteiger partial charge in [0.05, 0.1) is 6.61 Å². The van der Waals surface area contributed by atoms with E-state index in [1.165, 1.54) is 24.8 Å². The van der Waals surface area contributed by atoms with Crippen molar-refractivity contribution in [2.75, 3.05) is 46.4 Å². The first-order valence-corrected chi connectivity index (χ1v) is 10.3. The van der Waals surface area contributed by atoms with Gasteiger partial charge in [-0.1, -0.05) is 49.6 Å². The molecular weight excluding hydrogens is 324 g/mol. The van der Waals surface area contributed by atoms with Crippen molar-refractivity contribution in [1.82, 2.24) is 9.80 Å². The van der Waals surface area contributed by atoms with E-state index in [4.69, 9.17) is 4.74 Å². The largest absolute Gasteiger partial charge is 0.384 e. The van der Waals surface area contributed by atoms with E-state index in [0.717, 1.165) is 58.6 Å². The van der Waals surface area contributed by atoms with Crippen LogP contribution in [-0.2, 0) is 16.0 Å². The minimum Gasteiger partial charge on any atom is -0.384 e. The Labute approximate surface area is 158 Å². The Morgan fingerprint density at radius 3 is 2.58 bits per heavy atom. The summed E-state index contributed by atoms with van der Waals surface area (Å²) >= 11 is 0. The molecule has 0 N–H and O–H groups in total. The van der Waals surface area contributed by atoms with Gasteiger partial charge in [0.2, 0.25) is 5.91 Å². The Morgan fingerprint density at radius 1 is 1.08 bits per heavy atom. The summed E-state index contributed by atoms with van der Waals surface area (Å²) in [5.41, 5.74) is 1.38. The number of methoxy groups -OCH3 is 1. The lowest BCUT2D eigenvalue weighted by molar-refractivity contribution is -0.137. The molecule has 1 aromatic carbocycles. The van der Waals surface area contributed by atoms with Gasteiger partial charge in [0.1, 0.15) is 0 Å². The molecule has 1 heterocycles. The predicted molar refractivity (Wildman–Crippen MR) is 105 cm³/mol. The van der Waals surface area contributed by atoms with Crippen LogP contribution in [0.25, 0.3) is 0 Å². The minimum atomic E-state index is 0.266. The van der Waals surface area contributed by atoms with E-state index < -0.39 is 0 Å². The van der Waals surface area contributed by atoms with Crippen molar-refractivity contribution >= 4 is 5.91 Å². The van der Waals surface area contributed by atoms with Crippen LogP contribution < -0.4 is 0 Å². The summed E-state index contributed by atoms with van der Waals surface area (Å²) in [6.07, 6.45) is 6.97. The molecule has 1 amide bonds. The first-order chi connectivity index (χ1) is 12.8. The van der Waals surface area contributed by atoms with Crippen molar-refractivity contribution in [2.24, 2.45) is 11.8 Å². The zero-order valence-corrected chi connectivity index (χ0v) is 16.2. The third kappa shape index (κ3) is 5.55. The Balaban J connectivity index is 1.57. The SMILES string of the molecule is COC[C@@H]1CN(CCc2ccccc2)CCN(C(=O)C2CCCCC2)C1. The molecule has 0 aromatic heterocycles. The lowest BCUT2D eigenvalue weighted by atomic mass is 9.88. The molecule has 26 heavy (non-hydrogen) atoms. The molecule has 0 bridgehead atoms. The van der Waals surface area contributed by atoms with Crippen LogP contribution in [0.1, 0.15) is 37.7 Å². The molecule has 144 valence electrons. The van der Waals surface area contributed by atoms with Crippen LogP contribution in [0.3, 0.4) is 0 Å². The van der Waals surface area contributed by atoms with E-state index in [1.54, 1.807) is 7.11 Å². The maximum Gasteiger partial charge on any atom is 0.225 e. The molecule has 1 aromatic rings. The quantitative estimate of drug-likeness (QED) is 0.783. The second-order valence-corrected chi connectivity index (χ2v) is 7.98. The van der Waals surface area contributed by atoms with E-state index in [9.17, 15) is 4.79 Å². The highest BCUT2D eigenvalue weighted by Gasteiger charge is 2.30. The Kier molecular flexibility index (Phi) is 7.51. The molecule has 4 heteroatoms. The average molecular weight is 359 g/mol. The third-order valence-corrected chi connectivity index (χ3v) is 5.91. The first-order valence-electron chi connectivity index (χ1n) is 10.3. The van der Waals surface area contributed by atoms with Gasteiger partial charge in [0, 0.05) is 51.7 Å². The number of hydrogen-bond donors (Lipinski definition) is 0. The summed E-state index contributed by atoms with van der Waals surface area (Å²) < 4.78 is 5.46. The van der Waals surface area contributed by atoms with Crippen molar-refractivity contribution in [2.45, 2.75) is 38.5 Å². The molecule has 1 saturated heterocycles. The fourth-order valence-electron chi connectivity index (χ4n) is 4.46. The maximum absolute atomic E-state index is 13.0. The summed E-state index contributed by atoms with van der Waals surface area (Å²) in [6, 6.07) is 10.7. The van der Waals surface area contributed by atoms with Gasteiger partial charge in [0.25, 0.3) is 0 Å². The van der Waals surface area contributed by atoms with Gasteiger partial charge in [-0.05, 0) is 24.8 Å². The second kappa shape index (κ2) is 10.1. The van der Waals surface area contributed by atoms with Crippen LogP contribution in [0.5, 0.6) is 0 Å². The molecule has 0 unspecified atom stereocenters. The molecule has 2 fully saturated rings. The zero-order chi connectivity index (χ0) is 18.2. The number of ether oxygens (including phenoxy) is 1. The summed E-state index contributed by atoms with van der Waals surface area (Å²) in [4.78, 5) is 17.7. The Morgan fingerprint density at radius 2 is 1.85 bits per heavy atom. The molecule has 2 aliphatic rings. The number of amides is 1. The molecular formula is C22H34N2O2. The highest BCUT2D eigenvalue weighted by Crippen LogP contribution is 2.26. The van der Waals surface area contributed by atoms with Crippen molar-refractivity contribution < 1.29 is 9.53 Å². The van der Waals surface area contributed by atoms with E-state index in [1.807, 2.05) is 0 Å². The van der Waals surface area contributed by atoms with Crippen LogP contribution >= 0.6 is 0 Å². The number of carbonyl (C=O) groups is 1. The van der Waals surface area contributed by atoms with Gasteiger partial charge in [-0.3, -0.25) is 4.79 Å². The standard InChI is InChI=1S/C22H34N2O2/c1-26-18-20-16-23(13-12-19-8-4-2-5-9-19)14-15-24(17-20)22(25)21-10-6-3-7-11-21/h2,4-5,8-9,20-21H,3,6-7,10-18H2,1H3/t20-/m1/s1. The topological polar surface area (TPSA) is 32.8 Å². The smallest absolute Gasteiger partial charge is 0.225 e. The van der Waals surface area contributed by atoms with E-state index in [2.05, 4.69) is 40.1 Å². The average Bonchev–Trinajstić information content (AvgIpc) is 2.90. The predicted octanol–water partition coefficient (Wildman–Crippen LogP) is 3.22. The maximum atomic E-state index is 13.0. The van der Waals surface area contributed by atoms with Crippen LogP contribution in [0.15, 0.2) is 30.3 Å². The van der Waals surface area contributed by atoms with Crippen molar-refractivity contribution in [3.8, 4) is 0 Å². The van der Waals surface area contributed by atoms with Crippen molar-refractivity contribution in [1.29, 1.82) is 0 Å². The van der Waals surface area contributed by atoms with Gasteiger partial charge in [-0.15, -0.1) is 0 Å². The van der Waals surface area contributed by atoms with Crippen LogP contribution in [0.2, 0.25) is 0 Å². The molecule has 0 spiro atoms. The van der Waals surface area contributed by atoms with E-state index in [-0.39, 0.29) is 5.92 Å². The normalized spacial score (nSPS) is 23.0. The summed E-state index contributed by atoms with van der Waals surface area (Å²) in [7, 11) is 1.77. The van der Waals surface area contributed by atoms with Crippen LogP contribution in [-0.4, -0.2) is 62.1 Å². The monoisotopic (exact) mass is 358 g/mol. The third-order valence-electron chi connectivity index (χ3n) is 5.91. The number of nitrogens with zero attached hydrogens (tertiary/aromatic N) is 2. The van der Waals surface area contributed by atoms with Crippen molar-refractivity contribution in [3.05, 3.63) is 35.9 Å². The number of benzene rings is 1. The molecule has 1 atom stereocenters. The minimum absolute atomic E-state index is 0.266.